The summed E-state index contributed by atoms with van der Waals surface area (Å²) in [7, 11) is 0. The summed E-state index contributed by atoms with van der Waals surface area (Å²) in [6.45, 7) is 8.56. The largest absolute Gasteiger partial charge is 0.339 e. The number of anilines is 1. The summed E-state index contributed by atoms with van der Waals surface area (Å²) in [4.78, 5) is 18.9. The molecule has 7 rings (SSSR count). The van der Waals surface area contributed by atoms with E-state index in [2.05, 4.69) is 56.4 Å². The van der Waals surface area contributed by atoms with Crippen molar-refractivity contribution < 1.29 is 4.79 Å². The topological polar surface area (TPSA) is 50.9 Å². The molecular weight excluding hydrogens is 458 g/mol. The summed E-state index contributed by atoms with van der Waals surface area (Å²) < 4.78 is 0. The Kier molecular flexibility index (Phi) is 6.54. The average molecular weight is 504 g/mol. The van der Waals surface area contributed by atoms with E-state index in [1.807, 2.05) is 0 Å². The van der Waals surface area contributed by atoms with E-state index >= 15 is 0 Å². The molecule has 2 N–H and O–H groups in total. The van der Waals surface area contributed by atoms with E-state index in [-0.39, 0.29) is 12.0 Å². The number of hydrogen-bond acceptors (Lipinski definition) is 5. The van der Waals surface area contributed by atoms with Crippen molar-refractivity contribution >= 4 is 11.6 Å². The van der Waals surface area contributed by atoms with Crippen LogP contribution in [0.1, 0.15) is 82.1 Å². The Morgan fingerprint density at radius 3 is 2.43 bits per heavy atom. The van der Waals surface area contributed by atoms with Gasteiger partial charge in [0.25, 0.3) is 0 Å². The van der Waals surface area contributed by atoms with Crippen LogP contribution in [-0.2, 0) is 4.79 Å². The second-order valence-corrected chi connectivity index (χ2v) is 12.8. The van der Waals surface area contributed by atoms with Crippen LogP contribution in [0.25, 0.3) is 0 Å². The van der Waals surface area contributed by atoms with Crippen LogP contribution in [0, 0.1) is 11.8 Å². The Labute approximate surface area is 222 Å². The van der Waals surface area contributed by atoms with Crippen molar-refractivity contribution in [3.05, 3.63) is 42.0 Å². The standard InChI is InChI=1S/C31H45N5O/c1-21-5-13-26-30-27(36(33-26)25-11-8-23(9-12-25)22-6-7-22)15-18-35(28(30)19-21)31(37)24-10-14-29(32-20-24)34-16-3-2-4-17-34/h8-9,11-12,22,24,26-30,32-33H,1-7,10,13-20H2/t24?,26?,27?,28-,29?,30?/m0/s1. The quantitative estimate of drug-likeness (QED) is 0.597. The maximum absolute atomic E-state index is 14.0. The lowest BCUT2D eigenvalue weighted by Gasteiger charge is -2.47. The summed E-state index contributed by atoms with van der Waals surface area (Å²) in [6.07, 6.45) is 13.5. The first-order valence-electron chi connectivity index (χ1n) is 15.3. The maximum atomic E-state index is 14.0. The monoisotopic (exact) mass is 503 g/mol. The predicted molar refractivity (Wildman–Crippen MR) is 148 cm³/mol. The van der Waals surface area contributed by atoms with Crippen LogP contribution in [0.4, 0.5) is 5.69 Å². The highest BCUT2D eigenvalue weighted by molar-refractivity contribution is 5.80. The van der Waals surface area contributed by atoms with Gasteiger partial charge in [-0.05, 0) is 101 Å². The van der Waals surface area contributed by atoms with E-state index in [9.17, 15) is 4.79 Å². The Morgan fingerprint density at radius 1 is 0.892 bits per heavy atom. The van der Waals surface area contributed by atoms with Crippen LogP contribution >= 0.6 is 0 Å². The molecule has 4 saturated heterocycles. The highest BCUT2D eigenvalue weighted by atomic mass is 16.2. The Balaban J connectivity index is 1.06. The Hall–Kier alpha value is -1.89. The first kappa shape index (κ1) is 24.2. The molecule has 4 heterocycles. The van der Waals surface area contributed by atoms with Crippen LogP contribution in [0.5, 0.6) is 0 Å². The van der Waals surface area contributed by atoms with Gasteiger partial charge in [0.2, 0.25) is 5.91 Å². The molecule has 0 bridgehead atoms. The normalized spacial score (nSPS) is 36.8. The SMILES string of the molecule is C=C1CCC2NN(c3ccc(C4CC4)cc3)C3CCN(C(=O)C4CCC(N5CCCCC5)NC4)[C@@H](C1)C23. The number of piperidine rings is 3. The molecule has 6 heteroatoms. The minimum atomic E-state index is 0.119. The lowest BCUT2D eigenvalue weighted by Crippen LogP contribution is -2.59. The molecule has 0 spiro atoms. The van der Waals surface area contributed by atoms with Gasteiger partial charge >= 0.3 is 0 Å². The number of carbonyl (C=O) groups excluding carboxylic acids is 1. The Bertz CT molecular complexity index is 991. The summed E-state index contributed by atoms with van der Waals surface area (Å²) in [5, 5.41) is 6.24. The van der Waals surface area contributed by atoms with Gasteiger partial charge in [0.15, 0.2) is 0 Å². The van der Waals surface area contributed by atoms with E-state index in [1.165, 1.54) is 62.0 Å². The highest BCUT2D eigenvalue weighted by Crippen LogP contribution is 2.45. The van der Waals surface area contributed by atoms with Gasteiger partial charge in [-0.25, -0.2) is 5.43 Å². The summed E-state index contributed by atoms with van der Waals surface area (Å²) in [5.74, 6) is 1.78. The second-order valence-electron chi connectivity index (χ2n) is 12.8. The molecule has 6 fully saturated rings. The van der Waals surface area contributed by atoms with E-state index in [1.54, 1.807) is 0 Å². The van der Waals surface area contributed by atoms with Crippen LogP contribution in [0.15, 0.2) is 36.4 Å². The minimum absolute atomic E-state index is 0.119. The van der Waals surface area contributed by atoms with Crippen LogP contribution in [0.3, 0.4) is 0 Å². The first-order valence-corrected chi connectivity index (χ1v) is 15.3. The minimum Gasteiger partial charge on any atom is -0.339 e. The van der Waals surface area contributed by atoms with Gasteiger partial charge in [0, 0.05) is 31.1 Å². The van der Waals surface area contributed by atoms with Gasteiger partial charge in [0.1, 0.15) is 0 Å². The molecule has 4 aliphatic heterocycles. The number of hydrogen-bond donors (Lipinski definition) is 2. The fraction of sp³-hybridized carbons (Fsp3) is 0.710. The van der Waals surface area contributed by atoms with Crippen molar-refractivity contribution in [1.29, 1.82) is 0 Å². The van der Waals surface area contributed by atoms with Crippen molar-refractivity contribution in [2.45, 2.75) is 101 Å². The molecule has 1 aromatic rings. The fourth-order valence-corrected chi connectivity index (χ4v) is 8.24. The third kappa shape index (κ3) is 4.63. The molecule has 0 radical (unpaired) electrons. The lowest BCUT2D eigenvalue weighted by molar-refractivity contribution is -0.142. The molecular formula is C31H45N5O. The fourth-order valence-electron chi connectivity index (χ4n) is 8.24. The van der Waals surface area contributed by atoms with Crippen molar-refractivity contribution in [1.82, 2.24) is 20.5 Å². The third-order valence-electron chi connectivity index (χ3n) is 10.4. The predicted octanol–water partition coefficient (Wildman–Crippen LogP) is 4.39. The van der Waals surface area contributed by atoms with Gasteiger partial charge in [0.05, 0.1) is 23.8 Å². The molecule has 1 aromatic carbocycles. The number of hydrazine groups is 1. The van der Waals surface area contributed by atoms with Gasteiger partial charge < -0.3 is 15.2 Å². The van der Waals surface area contributed by atoms with Gasteiger partial charge in [-0.1, -0.05) is 30.7 Å². The van der Waals surface area contributed by atoms with Gasteiger partial charge in [-0.15, -0.1) is 0 Å². The zero-order chi connectivity index (χ0) is 24.9. The average Bonchev–Trinajstić information content (AvgIpc) is 3.75. The number of amides is 1. The molecule has 2 aliphatic carbocycles. The first-order chi connectivity index (χ1) is 18.2. The van der Waals surface area contributed by atoms with Crippen LogP contribution in [0.2, 0.25) is 0 Å². The van der Waals surface area contributed by atoms with Crippen molar-refractivity contribution in [2.24, 2.45) is 11.8 Å². The molecule has 1 amide bonds. The van der Waals surface area contributed by atoms with Crippen molar-refractivity contribution in [3.8, 4) is 0 Å². The summed E-state index contributed by atoms with van der Waals surface area (Å²) in [6, 6.07) is 10.5. The summed E-state index contributed by atoms with van der Waals surface area (Å²) in [5.41, 5.74) is 8.04. The van der Waals surface area contributed by atoms with E-state index in [4.69, 9.17) is 0 Å². The molecule has 200 valence electrons. The van der Waals surface area contributed by atoms with E-state index in [0.29, 0.717) is 30.1 Å². The number of likely N-dealkylation sites (tertiary alicyclic amines) is 2. The van der Waals surface area contributed by atoms with Crippen molar-refractivity contribution in [2.75, 3.05) is 31.2 Å². The number of nitrogens with one attached hydrogen (secondary N) is 2. The van der Waals surface area contributed by atoms with Crippen LogP contribution in [-0.4, -0.2) is 66.2 Å². The summed E-state index contributed by atoms with van der Waals surface area (Å²) >= 11 is 0. The van der Waals surface area contributed by atoms with E-state index in [0.717, 1.165) is 57.5 Å². The highest BCUT2D eigenvalue weighted by Gasteiger charge is 2.52. The second kappa shape index (κ2) is 10.0. The van der Waals surface area contributed by atoms with Crippen molar-refractivity contribution in [3.63, 3.8) is 0 Å². The molecule has 2 saturated carbocycles. The number of rotatable bonds is 4. The number of carbonyl (C=O) groups is 1. The smallest absolute Gasteiger partial charge is 0.227 e. The van der Waals surface area contributed by atoms with E-state index < -0.39 is 0 Å². The van der Waals surface area contributed by atoms with Gasteiger partial charge in [-0.2, -0.15) is 0 Å². The molecule has 6 nitrogen and oxygen atoms in total. The molecule has 37 heavy (non-hydrogen) atoms. The number of nitrogens with zero attached hydrogens (tertiary/aromatic N) is 3. The lowest BCUT2D eigenvalue weighted by atomic mass is 9.79. The maximum Gasteiger partial charge on any atom is 0.227 e. The van der Waals surface area contributed by atoms with Crippen LogP contribution < -0.4 is 15.8 Å². The zero-order valence-corrected chi connectivity index (χ0v) is 22.4. The van der Waals surface area contributed by atoms with Gasteiger partial charge in [-0.3, -0.25) is 9.69 Å². The molecule has 6 atom stereocenters. The molecule has 6 aliphatic rings. The molecule has 0 aromatic heterocycles. The zero-order valence-electron chi connectivity index (χ0n) is 22.4. The third-order valence-corrected chi connectivity index (χ3v) is 10.4. The number of benzene rings is 1. The molecule has 5 unspecified atom stereocenters. The Morgan fingerprint density at radius 2 is 1.70 bits per heavy atom.